The molecule has 0 spiro atoms. The van der Waals surface area contributed by atoms with Crippen LogP contribution in [0.4, 0.5) is 30.8 Å². The molecule has 1 heterocycles. The Morgan fingerprint density at radius 2 is 1.59 bits per heavy atom. The van der Waals surface area contributed by atoms with E-state index in [-0.39, 0.29) is 11.9 Å². The van der Waals surface area contributed by atoms with Gasteiger partial charge in [-0.05, 0) is 75.6 Å². The summed E-state index contributed by atoms with van der Waals surface area (Å²) in [5.41, 5.74) is 0.665. The number of hydrogen-bond donors (Lipinski definition) is 2. The smallest absolute Gasteiger partial charge is 0.422 e. The number of nitrogens with one attached hydrogen (secondary N) is 2. The van der Waals surface area contributed by atoms with Crippen LogP contribution in [0, 0.1) is 0 Å². The van der Waals surface area contributed by atoms with Gasteiger partial charge in [0, 0.05) is 10.7 Å². The number of ether oxygens (including phenoxy) is 2. The Balaban J connectivity index is 1.55. The second-order valence-electron chi connectivity index (χ2n) is 9.59. The molecule has 1 saturated carbocycles. The van der Waals surface area contributed by atoms with Gasteiger partial charge in [0.05, 0.1) is 11.1 Å². The van der Waals surface area contributed by atoms with Gasteiger partial charge in [0.2, 0.25) is 11.9 Å². The molecule has 8 nitrogen and oxygen atoms in total. The van der Waals surface area contributed by atoms with Crippen LogP contribution in [-0.4, -0.2) is 39.3 Å². The molecule has 0 amide bonds. The summed E-state index contributed by atoms with van der Waals surface area (Å²) in [5, 5.41) is 6.71. The van der Waals surface area contributed by atoms with E-state index in [4.69, 9.17) is 21.1 Å². The maximum Gasteiger partial charge on any atom is 0.422 e. The first kappa shape index (κ1) is 26.5. The predicted octanol–water partition coefficient (Wildman–Crippen LogP) is 6.27. The van der Waals surface area contributed by atoms with Crippen molar-refractivity contribution in [3.8, 4) is 6.01 Å². The fourth-order valence-corrected chi connectivity index (χ4v) is 3.55. The van der Waals surface area contributed by atoms with Crippen molar-refractivity contribution in [2.45, 2.75) is 50.9 Å². The summed E-state index contributed by atoms with van der Waals surface area (Å²) in [6.07, 6.45) is -3.02. The molecule has 1 aromatic heterocycles. The third-order valence-electron chi connectivity index (χ3n) is 5.25. The normalized spacial score (nSPS) is 14.6. The second kappa shape index (κ2) is 10.0. The van der Waals surface area contributed by atoms with E-state index in [9.17, 15) is 18.0 Å². The molecule has 0 atom stereocenters. The van der Waals surface area contributed by atoms with Crippen LogP contribution in [0.25, 0.3) is 0 Å². The number of carbonyl (C=O) groups is 1. The zero-order valence-corrected chi connectivity index (χ0v) is 21.1. The van der Waals surface area contributed by atoms with E-state index in [2.05, 4.69) is 25.6 Å². The molecule has 0 unspecified atom stereocenters. The topological polar surface area (TPSA) is 98.3 Å². The molecule has 37 heavy (non-hydrogen) atoms. The van der Waals surface area contributed by atoms with Crippen molar-refractivity contribution in [2.75, 3.05) is 17.2 Å². The van der Waals surface area contributed by atoms with Crippen molar-refractivity contribution in [1.82, 2.24) is 15.0 Å². The molecule has 1 fully saturated rings. The van der Waals surface area contributed by atoms with Crippen LogP contribution in [0.5, 0.6) is 6.01 Å². The summed E-state index contributed by atoms with van der Waals surface area (Å²) >= 11 is 5.99. The van der Waals surface area contributed by atoms with Crippen LogP contribution in [-0.2, 0) is 10.3 Å². The minimum Gasteiger partial charge on any atom is -0.456 e. The zero-order chi connectivity index (χ0) is 26.8. The highest BCUT2D eigenvalue weighted by atomic mass is 35.5. The molecule has 1 aliphatic rings. The average Bonchev–Trinajstić information content (AvgIpc) is 3.57. The predicted molar refractivity (Wildman–Crippen MR) is 132 cm³/mol. The molecular weight excluding hydrogens is 511 g/mol. The lowest BCUT2D eigenvalue weighted by Gasteiger charge is -2.19. The van der Waals surface area contributed by atoms with Crippen LogP contribution in [0.2, 0.25) is 5.02 Å². The number of hydrogen-bond acceptors (Lipinski definition) is 8. The fourth-order valence-electron chi connectivity index (χ4n) is 3.43. The van der Waals surface area contributed by atoms with Gasteiger partial charge in [-0.1, -0.05) is 23.7 Å². The number of anilines is 3. The highest BCUT2D eigenvalue weighted by Gasteiger charge is 2.45. The number of rotatable bonds is 8. The Bertz CT molecular complexity index is 1260. The van der Waals surface area contributed by atoms with E-state index >= 15 is 0 Å². The van der Waals surface area contributed by atoms with Gasteiger partial charge in [0.1, 0.15) is 5.60 Å². The Labute approximate surface area is 216 Å². The quantitative estimate of drug-likeness (QED) is 0.326. The number of esters is 1. The molecule has 12 heteroatoms. The van der Waals surface area contributed by atoms with Gasteiger partial charge in [-0.15, -0.1) is 0 Å². The number of carbonyl (C=O) groups excluding carboxylic acids is 1. The number of aromatic nitrogens is 3. The summed E-state index contributed by atoms with van der Waals surface area (Å²) in [4.78, 5) is 24.6. The maximum absolute atomic E-state index is 12.8. The molecule has 3 aromatic rings. The van der Waals surface area contributed by atoms with E-state index in [0.717, 1.165) is 18.4 Å². The first-order chi connectivity index (χ1) is 17.3. The van der Waals surface area contributed by atoms with Crippen molar-refractivity contribution in [2.24, 2.45) is 0 Å². The van der Waals surface area contributed by atoms with E-state index in [0.29, 0.717) is 16.3 Å². The van der Waals surface area contributed by atoms with Gasteiger partial charge < -0.3 is 20.1 Å². The number of alkyl halides is 3. The molecular formula is C25H25ClF3N5O3. The molecule has 0 radical (unpaired) electrons. The molecule has 196 valence electrons. The first-order valence-corrected chi connectivity index (χ1v) is 11.8. The van der Waals surface area contributed by atoms with Gasteiger partial charge in [0.15, 0.2) is 6.61 Å². The van der Waals surface area contributed by atoms with E-state index < -0.39 is 35.9 Å². The van der Waals surface area contributed by atoms with Crippen LogP contribution >= 0.6 is 11.6 Å². The first-order valence-electron chi connectivity index (χ1n) is 11.4. The Morgan fingerprint density at radius 3 is 2.16 bits per heavy atom. The Morgan fingerprint density at radius 1 is 0.973 bits per heavy atom. The summed E-state index contributed by atoms with van der Waals surface area (Å²) < 4.78 is 48.4. The third-order valence-corrected chi connectivity index (χ3v) is 5.51. The highest BCUT2D eigenvalue weighted by Crippen LogP contribution is 2.48. The summed E-state index contributed by atoms with van der Waals surface area (Å²) in [6.45, 7) is 3.75. The van der Waals surface area contributed by atoms with Crippen molar-refractivity contribution >= 4 is 35.2 Å². The fraction of sp³-hybridized carbons (Fsp3) is 0.360. The Kier molecular flexibility index (Phi) is 7.18. The molecule has 1 aliphatic carbocycles. The average molecular weight is 536 g/mol. The van der Waals surface area contributed by atoms with Gasteiger partial charge in [-0.25, -0.2) is 4.79 Å². The molecule has 2 aromatic carbocycles. The summed E-state index contributed by atoms with van der Waals surface area (Å²) in [6, 6.07) is 13.1. The SMILES string of the molecule is CC(C)(C)OC(=O)c1ccc(Nc2nc(NC3(c4ccc(Cl)cc4)CC3)nc(OCC(F)(F)F)n2)cc1. The van der Waals surface area contributed by atoms with Crippen molar-refractivity contribution in [3.05, 3.63) is 64.7 Å². The van der Waals surface area contributed by atoms with Crippen LogP contribution in [0.15, 0.2) is 48.5 Å². The zero-order valence-electron chi connectivity index (χ0n) is 20.3. The van der Waals surface area contributed by atoms with E-state index in [1.54, 1.807) is 57.2 Å². The van der Waals surface area contributed by atoms with Crippen LogP contribution < -0.4 is 15.4 Å². The molecule has 2 N–H and O–H groups in total. The third kappa shape index (κ3) is 7.45. The van der Waals surface area contributed by atoms with Gasteiger partial charge in [-0.3, -0.25) is 0 Å². The lowest BCUT2D eigenvalue weighted by atomic mass is 10.1. The summed E-state index contributed by atoms with van der Waals surface area (Å²) in [5.74, 6) is -0.468. The minimum atomic E-state index is -4.56. The highest BCUT2D eigenvalue weighted by molar-refractivity contribution is 6.30. The van der Waals surface area contributed by atoms with Crippen molar-refractivity contribution < 1.29 is 27.4 Å². The molecule has 0 aliphatic heterocycles. The number of benzene rings is 2. The van der Waals surface area contributed by atoms with Gasteiger partial charge in [0.25, 0.3) is 0 Å². The lowest BCUT2D eigenvalue weighted by molar-refractivity contribution is -0.154. The standard InChI is InChI=1S/C25H25ClF3N5O3/c1-23(2,3)37-19(35)15-4-10-18(11-5-15)30-20-31-21(33-22(32-20)36-14-25(27,28)29)34-24(12-13-24)16-6-8-17(26)9-7-16/h4-11H,12-14H2,1-3H3,(H2,30,31,32,33,34). The molecule has 4 rings (SSSR count). The minimum absolute atomic E-state index is 0.0356. The lowest BCUT2D eigenvalue weighted by Crippen LogP contribution is -2.23. The van der Waals surface area contributed by atoms with E-state index in [1.807, 2.05) is 12.1 Å². The monoisotopic (exact) mass is 535 g/mol. The van der Waals surface area contributed by atoms with Gasteiger partial charge in [-0.2, -0.15) is 28.1 Å². The van der Waals surface area contributed by atoms with Crippen LogP contribution in [0.3, 0.4) is 0 Å². The molecule has 0 bridgehead atoms. The molecule has 0 saturated heterocycles. The number of halogens is 4. The van der Waals surface area contributed by atoms with Crippen molar-refractivity contribution in [3.63, 3.8) is 0 Å². The Hall–Kier alpha value is -3.60. The summed E-state index contributed by atoms with van der Waals surface area (Å²) in [7, 11) is 0. The van der Waals surface area contributed by atoms with Gasteiger partial charge >= 0.3 is 18.2 Å². The largest absolute Gasteiger partial charge is 0.456 e. The maximum atomic E-state index is 12.8. The second-order valence-corrected chi connectivity index (χ2v) is 10.0. The van der Waals surface area contributed by atoms with Crippen LogP contribution in [0.1, 0.15) is 49.5 Å². The van der Waals surface area contributed by atoms with E-state index in [1.165, 1.54) is 0 Å². The van der Waals surface area contributed by atoms with Crippen molar-refractivity contribution in [1.29, 1.82) is 0 Å². The number of nitrogens with zero attached hydrogens (tertiary/aromatic N) is 3.